The molecule has 108 valence electrons. The van der Waals surface area contributed by atoms with Crippen molar-refractivity contribution in [2.24, 2.45) is 5.92 Å². The van der Waals surface area contributed by atoms with Crippen molar-refractivity contribution in [3.05, 3.63) is 48.3 Å². The van der Waals surface area contributed by atoms with Crippen LogP contribution in [0.5, 0.6) is 0 Å². The third-order valence-electron chi connectivity index (χ3n) is 3.50. The van der Waals surface area contributed by atoms with E-state index in [-0.39, 0.29) is 11.8 Å². The molecular formula is C15H16N4O2. The Bertz CT molecular complexity index is 665. The van der Waals surface area contributed by atoms with Gasteiger partial charge in [-0.1, -0.05) is 37.3 Å². The first kappa shape index (κ1) is 13.4. The summed E-state index contributed by atoms with van der Waals surface area (Å²) in [7, 11) is 0. The lowest BCUT2D eigenvalue weighted by molar-refractivity contribution is -0.123. The predicted molar refractivity (Wildman–Crippen MR) is 77.8 cm³/mol. The average Bonchev–Trinajstić information content (AvgIpc) is 2.92. The number of carbonyl (C=O) groups excluding carboxylic acids is 2. The number of nitrogens with zero attached hydrogens (tertiary/aromatic N) is 3. The topological polar surface area (TPSA) is 67.2 Å². The van der Waals surface area contributed by atoms with Crippen LogP contribution in [0.2, 0.25) is 0 Å². The Morgan fingerprint density at radius 2 is 2.05 bits per heavy atom. The van der Waals surface area contributed by atoms with Crippen LogP contribution in [0.3, 0.4) is 0 Å². The molecule has 3 rings (SSSR count). The summed E-state index contributed by atoms with van der Waals surface area (Å²) >= 11 is 0. The molecule has 0 saturated carbocycles. The maximum atomic E-state index is 11.9. The van der Waals surface area contributed by atoms with Gasteiger partial charge in [0.2, 0.25) is 5.91 Å². The minimum absolute atomic E-state index is 0.222. The van der Waals surface area contributed by atoms with E-state index in [0.29, 0.717) is 18.8 Å². The van der Waals surface area contributed by atoms with Gasteiger partial charge in [-0.25, -0.2) is 4.79 Å². The fourth-order valence-corrected chi connectivity index (χ4v) is 2.31. The molecule has 1 aliphatic rings. The van der Waals surface area contributed by atoms with Gasteiger partial charge in [0.05, 0.1) is 24.3 Å². The zero-order valence-electron chi connectivity index (χ0n) is 11.7. The quantitative estimate of drug-likeness (QED) is 0.931. The highest BCUT2D eigenvalue weighted by Gasteiger charge is 2.30. The Hall–Kier alpha value is -2.63. The molecule has 0 spiro atoms. The van der Waals surface area contributed by atoms with E-state index >= 15 is 0 Å². The van der Waals surface area contributed by atoms with Gasteiger partial charge in [-0.15, -0.1) is 0 Å². The molecule has 1 N–H and O–H groups in total. The van der Waals surface area contributed by atoms with Crippen molar-refractivity contribution in [2.75, 3.05) is 11.4 Å². The van der Waals surface area contributed by atoms with Crippen molar-refractivity contribution in [1.82, 2.24) is 15.1 Å². The molecule has 0 radical (unpaired) electrons. The minimum Gasteiger partial charge on any atom is -0.290 e. The number of carbonyl (C=O) groups is 2. The highest BCUT2D eigenvalue weighted by Crippen LogP contribution is 2.18. The summed E-state index contributed by atoms with van der Waals surface area (Å²) in [5.41, 5.74) is 1.83. The zero-order valence-corrected chi connectivity index (χ0v) is 11.7. The second kappa shape index (κ2) is 5.40. The van der Waals surface area contributed by atoms with Gasteiger partial charge in [0.15, 0.2) is 0 Å². The lowest BCUT2D eigenvalue weighted by Gasteiger charge is -2.29. The molecule has 1 aromatic heterocycles. The van der Waals surface area contributed by atoms with Gasteiger partial charge in [0.25, 0.3) is 0 Å². The van der Waals surface area contributed by atoms with Gasteiger partial charge in [-0.3, -0.25) is 19.7 Å². The molecule has 21 heavy (non-hydrogen) atoms. The third-order valence-corrected chi connectivity index (χ3v) is 3.50. The largest absolute Gasteiger partial charge is 0.328 e. The first-order chi connectivity index (χ1) is 10.1. The number of aromatic nitrogens is 2. The first-order valence-corrected chi connectivity index (χ1v) is 6.82. The average molecular weight is 284 g/mol. The van der Waals surface area contributed by atoms with Crippen LogP contribution < -0.4 is 10.2 Å². The van der Waals surface area contributed by atoms with Crippen LogP contribution >= 0.6 is 0 Å². The summed E-state index contributed by atoms with van der Waals surface area (Å²) < 4.78 is 1.78. The van der Waals surface area contributed by atoms with E-state index < -0.39 is 6.03 Å². The molecule has 6 heteroatoms. The van der Waals surface area contributed by atoms with Crippen LogP contribution in [-0.4, -0.2) is 28.3 Å². The van der Waals surface area contributed by atoms with Crippen LogP contribution in [0.4, 0.5) is 10.5 Å². The molecular weight excluding hydrogens is 268 g/mol. The van der Waals surface area contributed by atoms with Crippen LogP contribution in [-0.2, 0) is 11.3 Å². The smallest absolute Gasteiger partial charge is 0.290 e. The van der Waals surface area contributed by atoms with Crippen molar-refractivity contribution in [2.45, 2.75) is 13.5 Å². The minimum atomic E-state index is -0.391. The number of nitrogens with one attached hydrogen (secondary N) is 1. The third kappa shape index (κ3) is 2.79. The van der Waals surface area contributed by atoms with Gasteiger partial charge in [0.1, 0.15) is 0 Å². The second-order valence-electron chi connectivity index (χ2n) is 5.19. The lowest BCUT2D eigenvalue weighted by atomic mass is 10.1. The molecule has 1 unspecified atom stereocenters. The van der Waals surface area contributed by atoms with Gasteiger partial charge < -0.3 is 0 Å². The monoisotopic (exact) mass is 284 g/mol. The van der Waals surface area contributed by atoms with Crippen LogP contribution in [0.1, 0.15) is 12.5 Å². The van der Waals surface area contributed by atoms with E-state index in [1.165, 1.54) is 0 Å². The van der Waals surface area contributed by atoms with Crippen LogP contribution in [0.25, 0.3) is 0 Å². The Morgan fingerprint density at radius 3 is 2.81 bits per heavy atom. The number of anilines is 1. The standard InChI is InChI=1S/C15H16N4O2/c1-11-8-19(15(21)17-14(11)20)13-7-16-18(10-13)9-12-5-3-2-4-6-12/h2-7,10-11H,8-9H2,1H3,(H,17,20,21). The lowest BCUT2D eigenvalue weighted by Crippen LogP contribution is -2.53. The highest BCUT2D eigenvalue weighted by molar-refractivity contribution is 6.06. The molecule has 2 aromatic rings. The molecule has 1 saturated heterocycles. The van der Waals surface area contributed by atoms with Crippen molar-refractivity contribution in [3.8, 4) is 0 Å². The summed E-state index contributed by atoms with van der Waals surface area (Å²) in [4.78, 5) is 24.9. The molecule has 0 bridgehead atoms. The second-order valence-corrected chi connectivity index (χ2v) is 5.19. The number of urea groups is 1. The first-order valence-electron chi connectivity index (χ1n) is 6.82. The van der Waals surface area contributed by atoms with E-state index in [4.69, 9.17) is 0 Å². The Morgan fingerprint density at radius 1 is 1.29 bits per heavy atom. The molecule has 1 atom stereocenters. The van der Waals surface area contributed by atoms with Gasteiger partial charge in [-0.05, 0) is 5.56 Å². The van der Waals surface area contributed by atoms with E-state index in [1.54, 1.807) is 22.7 Å². The molecule has 1 aliphatic heterocycles. The maximum absolute atomic E-state index is 11.9. The van der Waals surface area contributed by atoms with Crippen molar-refractivity contribution < 1.29 is 9.59 Å². The zero-order chi connectivity index (χ0) is 14.8. The van der Waals surface area contributed by atoms with E-state index in [1.807, 2.05) is 36.5 Å². The number of hydrogen-bond acceptors (Lipinski definition) is 3. The number of rotatable bonds is 3. The Balaban J connectivity index is 1.75. The van der Waals surface area contributed by atoms with Crippen LogP contribution in [0.15, 0.2) is 42.7 Å². The number of benzene rings is 1. The van der Waals surface area contributed by atoms with Gasteiger partial charge >= 0.3 is 6.03 Å². The molecule has 3 amide bonds. The molecule has 1 fully saturated rings. The highest BCUT2D eigenvalue weighted by atomic mass is 16.2. The van der Waals surface area contributed by atoms with E-state index in [0.717, 1.165) is 5.56 Å². The Kier molecular flexibility index (Phi) is 3.43. The number of imide groups is 1. The number of hydrogen-bond donors (Lipinski definition) is 1. The van der Waals surface area contributed by atoms with E-state index in [9.17, 15) is 9.59 Å². The fourth-order valence-electron chi connectivity index (χ4n) is 2.31. The molecule has 0 aliphatic carbocycles. The van der Waals surface area contributed by atoms with Crippen molar-refractivity contribution >= 4 is 17.6 Å². The Labute approximate surface area is 122 Å². The normalized spacial score (nSPS) is 18.7. The van der Waals surface area contributed by atoms with Crippen molar-refractivity contribution in [3.63, 3.8) is 0 Å². The summed E-state index contributed by atoms with van der Waals surface area (Å²) in [6, 6.07) is 9.58. The van der Waals surface area contributed by atoms with Gasteiger partial charge in [-0.2, -0.15) is 5.10 Å². The molecule has 1 aromatic carbocycles. The number of amides is 3. The van der Waals surface area contributed by atoms with Gasteiger partial charge in [0, 0.05) is 12.7 Å². The summed E-state index contributed by atoms with van der Waals surface area (Å²) in [6.07, 6.45) is 3.46. The molecule has 2 heterocycles. The van der Waals surface area contributed by atoms with E-state index in [2.05, 4.69) is 10.4 Å². The van der Waals surface area contributed by atoms with Crippen LogP contribution in [0, 0.1) is 5.92 Å². The predicted octanol–water partition coefficient (Wildman–Crippen LogP) is 1.62. The molecule has 6 nitrogen and oxygen atoms in total. The summed E-state index contributed by atoms with van der Waals surface area (Å²) in [6.45, 7) is 2.82. The maximum Gasteiger partial charge on any atom is 0.328 e. The summed E-state index contributed by atoms with van der Waals surface area (Å²) in [5.74, 6) is -0.451. The van der Waals surface area contributed by atoms with Crippen molar-refractivity contribution in [1.29, 1.82) is 0 Å². The summed E-state index contributed by atoms with van der Waals surface area (Å²) in [5, 5.41) is 6.62. The fraction of sp³-hybridized carbons (Fsp3) is 0.267. The SMILES string of the molecule is CC1CN(c2cnn(Cc3ccccc3)c2)C(=O)NC1=O.